The molecule has 0 radical (unpaired) electrons. The van der Waals surface area contributed by atoms with Gasteiger partial charge >= 0.3 is 0 Å². The topological polar surface area (TPSA) is 43.4 Å². The summed E-state index contributed by atoms with van der Waals surface area (Å²) in [5.41, 5.74) is 3.47. The van der Waals surface area contributed by atoms with Crippen molar-refractivity contribution in [2.24, 2.45) is 0 Å². The molecule has 3 heteroatoms. The van der Waals surface area contributed by atoms with Crippen LogP contribution in [0.15, 0.2) is 79.4 Å². The van der Waals surface area contributed by atoms with Gasteiger partial charge in [-0.3, -0.25) is 9.59 Å². The number of hydrogen-bond donors (Lipinski definition) is 0. The predicted molar refractivity (Wildman–Crippen MR) is 104 cm³/mol. The third-order valence-corrected chi connectivity index (χ3v) is 4.72. The standard InChI is InChI=1S/C24H18O3/c1-2-8-17-13-14-20-21(24(17)27-15-16-9-4-3-5-10-16)23(26)19-12-7-6-11-18(19)22(20)25/h2-7,9-14H,1,8,15H2. The fourth-order valence-corrected chi connectivity index (χ4v) is 3.41. The van der Waals surface area contributed by atoms with Crippen molar-refractivity contribution in [2.45, 2.75) is 13.0 Å². The molecule has 0 fully saturated rings. The zero-order valence-electron chi connectivity index (χ0n) is 14.8. The molecular formula is C24H18O3. The van der Waals surface area contributed by atoms with Crippen LogP contribution in [0.4, 0.5) is 0 Å². The minimum atomic E-state index is -0.172. The molecular weight excluding hydrogens is 336 g/mol. The van der Waals surface area contributed by atoms with E-state index in [4.69, 9.17) is 4.74 Å². The van der Waals surface area contributed by atoms with Gasteiger partial charge in [-0.2, -0.15) is 0 Å². The maximum absolute atomic E-state index is 13.2. The van der Waals surface area contributed by atoms with E-state index in [1.54, 1.807) is 36.4 Å². The Hall–Kier alpha value is -3.46. The Morgan fingerprint density at radius 2 is 1.44 bits per heavy atom. The number of benzene rings is 3. The van der Waals surface area contributed by atoms with Crippen molar-refractivity contribution < 1.29 is 14.3 Å². The molecule has 0 atom stereocenters. The highest BCUT2D eigenvalue weighted by Crippen LogP contribution is 2.36. The molecule has 0 N–H and O–H groups in total. The molecule has 27 heavy (non-hydrogen) atoms. The minimum Gasteiger partial charge on any atom is -0.488 e. The molecule has 4 rings (SSSR count). The van der Waals surface area contributed by atoms with Crippen LogP contribution in [0.5, 0.6) is 5.75 Å². The largest absolute Gasteiger partial charge is 0.488 e. The summed E-state index contributed by atoms with van der Waals surface area (Å²) >= 11 is 0. The number of rotatable bonds is 5. The maximum atomic E-state index is 13.2. The van der Waals surface area contributed by atoms with Crippen LogP contribution in [0.3, 0.4) is 0 Å². The first-order valence-corrected chi connectivity index (χ1v) is 8.82. The van der Waals surface area contributed by atoms with Crippen LogP contribution >= 0.6 is 0 Å². The highest BCUT2D eigenvalue weighted by molar-refractivity contribution is 6.29. The summed E-state index contributed by atoms with van der Waals surface area (Å²) in [7, 11) is 0. The lowest BCUT2D eigenvalue weighted by molar-refractivity contribution is 0.0975. The molecule has 0 saturated heterocycles. The Balaban J connectivity index is 1.83. The molecule has 0 unspecified atom stereocenters. The van der Waals surface area contributed by atoms with E-state index in [-0.39, 0.29) is 11.6 Å². The molecule has 1 aliphatic rings. The quantitative estimate of drug-likeness (QED) is 0.485. The van der Waals surface area contributed by atoms with Gasteiger partial charge in [0.05, 0.1) is 5.56 Å². The number of allylic oxidation sites excluding steroid dienone is 1. The number of hydrogen-bond acceptors (Lipinski definition) is 3. The summed E-state index contributed by atoms with van der Waals surface area (Å²) in [6.07, 6.45) is 2.32. The highest BCUT2D eigenvalue weighted by Gasteiger charge is 2.33. The summed E-state index contributed by atoms with van der Waals surface area (Å²) in [5, 5.41) is 0. The van der Waals surface area contributed by atoms with Crippen molar-refractivity contribution in [1.82, 2.24) is 0 Å². The number of ketones is 2. The molecule has 3 aromatic rings. The van der Waals surface area contributed by atoms with Crippen LogP contribution < -0.4 is 4.74 Å². The Labute approximate surface area is 157 Å². The van der Waals surface area contributed by atoms with Gasteiger partial charge in [-0.05, 0) is 23.6 Å². The molecule has 132 valence electrons. The van der Waals surface area contributed by atoms with Crippen LogP contribution in [0.2, 0.25) is 0 Å². The van der Waals surface area contributed by atoms with E-state index in [1.807, 2.05) is 36.4 Å². The van der Waals surface area contributed by atoms with Gasteiger partial charge < -0.3 is 4.74 Å². The Morgan fingerprint density at radius 1 is 0.778 bits per heavy atom. The molecule has 3 nitrogen and oxygen atoms in total. The lowest BCUT2D eigenvalue weighted by atomic mass is 9.82. The van der Waals surface area contributed by atoms with Gasteiger partial charge in [-0.25, -0.2) is 0 Å². The fourth-order valence-electron chi connectivity index (χ4n) is 3.41. The first-order valence-electron chi connectivity index (χ1n) is 8.82. The minimum absolute atomic E-state index is 0.144. The number of carbonyl (C=O) groups is 2. The Bertz CT molecular complexity index is 1050. The van der Waals surface area contributed by atoms with Crippen molar-refractivity contribution in [3.05, 3.63) is 113 Å². The first kappa shape index (κ1) is 17.0. The number of carbonyl (C=O) groups excluding carboxylic acids is 2. The summed E-state index contributed by atoms with van der Waals surface area (Å²) in [4.78, 5) is 26.1. The van der Waals surface area contributed by atoms with Crippen molar-refractivity contribution in [3.8, 4) is 5.75 Å². The fraction of sp³-hybridized carbons (Fsp3) is 0.0833. The molecule has 3 aromatic carbocycles. The second-order valence-electron chi connectivity index (χ2n) is 6.45. The number of ether oxygens (including phenoxy) is 1. The van der Waals surface area contributed by atoms with Crippen LogP contribution in [0.1, 0.15) is 43.0 Å². The van der Waals surface area contributed by atoms with E-state index in [1.165, 1.54) is 0 Å². The highest BCUT2D eigenvalue weighted by atomic mass is 16.5. The molecule has 0 amide bonds. The second kappa shape index (κ2) is 7.04. The summed E-state index contributed by atoms with van der Waals surface area (Å²) in [6.45, 7) is 4.11. The average Bonchev–Trinajstić information content (AvgIpc) is 2.71. The van der Waals surface area contributed by atoms with Crippen molar-refractivity contribution in [2.75, 3.05) is 0 Å². The first-order chi connectivity index (χ1) is 13.2. The van der Waals surface area contributed by atoms with Gasteiger partial charge in [0.1, 0.15) is 12.4 Å². The monoisotopic (exact) mass is 354 g/mol. The number of fused-ring (bicyclic) bond motifs is 2. The van der Waals surface area contributed by atoms with E-state index in [2.05, 4.69) is 6.58 Å². The van der Waals surface area contributed by atoms with Crippen molar-refractivity contribution in [3.63, 3.8) is 0 Å². The molecule has 0 saturated carbocycles. The van der Waals surface area contributed by atoms with Crippen LogP contribution in [-0.4, -0.2) is 11.6 Å². The molecule has 0 heterocycles. The zero-order chi connectivity index (χ0) is 18.8. The van der Waals surface area contributed by atoms with Crippen LogP contribution in [0.25, 0.3) is 0 Å². The summed E-state index contributed by atoms with van der Waals surface area (Å²) in [6, 6.07) is 20.2. The van der Waals surface area contributed by atoms with E-state index < -0.39 is 0 Å². The predicted octanol–water partition coefficient (Wildman–Crippen LogP) is 4.77. The third kappa shape index (κ3) is 2.97. The van der Waals surface area contributed by atoms with Gasteiger partial charge in [0.25, 0.3) is 0 Å². The van der Waals surface area contributed by atoms with E-state index in [9.17, 15) is 9.59 Å². The molecule has 0 aliphatic heterocycles. The zero-order valence-corrected chi connectivity index (χ0v) is 14.8. The van der Waals surface area contributed by atoms with Crippen LogP contribution in [-0.2, 0) is 13.0 Å². The molecule has 0 bridgehead atoms. The molecule has 0 spiro atoms. The molecule has 1 aliphatic carbocycles. The van der Waals surface area contributed by atoms with Gasteiger partial charge in [-0.15, -0.1) is 6.58 Å². The van der Waals surface area contributed by atoms with E-state index >= 15 is 0 Å². The Morgan fingerprint density at radius 3 is 2.15 bits per heavy atom. The maximum Gasteiger partial charge on any atom is 0.198 e. The average molecular weight is 354 g/mol. The van der Waals surface area contributed by atoms with Gasteiger partial charge in [-0.1, -0.05) is 66.7 Å². The van der Waals surface area contributed by atoms with Gasteiger partial charge in [0.2, 0.25) is 0 Å². The lowest BCUT2D eigenvalue weighted by Crippen LogP contribution is -2.22. The van der Waals surface area contributed by atoms with Gasteiger partial charge in [0.15, 0.2) is 11.6 Å². The summed E-state index contributed by atoms with van der Waals surface area (Å²) in [5.74, 6) is 0.160. The Kier molecular flexibility index (Phi) is 4.43. The lowest BCUT2D eigenvalue weighted by Gasteiger charge is -2.22. The van der Waals surface area contributed by atoms with Gasteiger partial charge in [0, 0.05) is 16.7 Å². The van der Waals surface area contributed by atoms with Crippen molar-refractivity contribution >= 4 is 11.6 Å². The summed E-state index contributed by atoms with van der Waals surface area (Å²) < 4.78 is 6.09. The van der Waals surface area contributed by atoms with E-state index in [0.29, 0.717) is 41.0 Å². The third-order valence-electron chi connectivity index (χ3n) is 4.72. The van der Waals surface area contributed by atoms with E-state index in [0.717, 1.165) is 11.1 Å². The molecule has 0 aromatic heterocycles. The SMILES string of the molecule is C=CCc1ccc2c(c1OCc1ccccc1)C(=O)c1ccccc1C2=O. The van der Waals surface area contributed by atoms with Crippen LogP contribution in [0, 0.1) is 0 Å². The smallest absolute Gasteiger partial charge is 0.198 e. The normalized spacial score (nSPS) is 12.3. The van der Waals surface area contributed by atoms with Crippen molar-refractivity contribution in [1.29, 1.82) is 0 Å². The second-order valence-corrected chi connectivity index (χ2v) is 6.45.